The van der Waals surface area contributed by atoms with Gasteiger partial charge in [-0.05, 0) is 43.5 Å². The lowest BCUT2D eigenvalue weighted by molar-refractivity contribution is 0.112. The lowest BCUT2D eigenvalue weighted by Gasteiger charge is -2.37. The summed E-state index contributed by atoms with van der Waals surface area (Å²) in [4.78, 5) is 25.2. The van der Waals surface area contributed by atoms with Gasteiger partial charge in [-0.1, -0.05) is 49.7 Å². The number of halogens is 1. The molecule has 5 nitrogen and oxygen atoms in total. The summed E-state index contributed by atoms with van der Waals surface area (Å²) in [6.07, 6.45) is 2.81. The van der Waals surface area contributed by atoms with E-state index in [0.29, 0.717) is 22.2 Å². The van der Waals surface area contributed by atoms with Gasteiger partial charge in [-0.15, -0.1) is 0 Å². The largest absolute Gasteiger partial charge is 0.423 e. The van der Waals surface area contributed by atoms with E-state index in [1.807, 2.05) is 44.2 Å². The highest BCUT2D eigenvalue weighted by Gasteiger charge is 2.24. The third kappa shape index (κ3) is 5.54. The van der Waals surface area contributed by atoms with Crippen molar-refractivity contribution >= 4 is 34.5 Å². The number of rotatable bonds is 5. The Morgan fingerprint density at radius 2 is 1.77 bits per heavy atom. The van der Waals surface area contributed by atoms with Crippen LogP contribution in [0, 0.1) is 0 Å². The number of nitrogens with one attached hydrogen (secondary N) is 1. The van der Waals surface area contributed by atoms with Crippen molar-refractivity contribution in [2.24, 2.45) is 0 Å². The molecule has 1 aliphatic heterocycles. The van der Waals surface area contributed by atoms with Gasteiger partial charge in [0, 0.05) is 47.2 Å². The number of fused-ring (bicyclic) bond motifs is 1. The van der Waals surface area contributed by atoms with Crippen LogP contribution in [0.3, 0.4) is 0 Å². The number of carbonyl (C=O) groups is 1. The molecule has 31 heavy (non-hydrogen) atoms. The minimum atomic E-state index is -0.368. The molecular formula is C25H29ClN2O3. The molecule has 1 unspecified atom stereocenters. The van der Waals surface area contributed by atoms with Crippen molar-refractivity contribution in [3.63, 3.8) is 0 Å². The van der Waals surface area contributed by atoms with Crippen LogP contribution in [0.25, 0.3) is 11.0 Å². The SMILES string of the molecule is CC.CC(c1ccc(C=O)cc1)N1CCC(Nc2cc(=O)oc3ccc(Cl)cc23)CC1. The Kier molecular flexibility index (Phi) is 7.88. The summed E-state index contributed by atoms with van der Waals surface area (Å²) in [5.41, 5.74) is 2.85. The first-order valence-corrected chi connectivity index (χ1v) is 11.2. The maximum absolute atomic E-state index is 11.9. The standard InChI is InChI=1S/C23H23ClN2O3.C2H6/c1-15(17-4-2-16(14-27)3-5-17)26-10-8-19(9-11-26)25-21-13-23(28)29-22-7-6-18(24)12-20(21)22;1-2/h2-7,12-15,19,25H,8-11H2,1H3;1-2H3. The maximum Gasteiger partial charge on any atom is 0.338 e. The van der Waals surface area contributed by atoms with Crippen LogP contribution >= 0.6 is 11.6 Å². The summed E-state index contributed by atoms with van der Waals surface area (Å²) in [5.74, 6) is 0. The maximum atomic E-state index is 11.9. The minimum Gasteiger partial charge on any atom is -0.423 e. The average molecular weight is 441 g/mol. The van der Waals surface area contributed by atoms with Gasteiger partial charge in [0.2, 0.25) is 0 Å². The Bertz CT molecular complexity index is 1070. The van der Waals surface area contributed by atoms with Crippen LogP contribution in [-0.4, -0.2) is 30.3 Å². The van der Waals surface area contributed by atoms with Gasteiger partial charge in [0.05, 0.1) is 5.69 Å². The van der Waals surface area contributed by atoms with Gasteiger partial charge in [0.25, 0.3) is 0 Å². The van der Waals surface area contributed by atoms with Gasteiger partial charge in [-0.2, -0.15) is 0 Å². The zero-order chi connectivity index (χ0) is 22.4. The number of piperidine rings is 1. The van der Waals surface area contributed by atoms with Crippen molar-refractivity contribution in [1.82, 2.24) is 4.90 Å². The molecule has 0 amide bonds. The molecule has 1 aliphatic rings. The summed E-state index contributed by atoms with van der Waals surface area (Å²) in [5, 5.41) is 4.95. The molecule has 6 heteroatoms. The van der Waals surface area contributed by atoms with Crippen LogP contribution in [0.4, 0.5) is 5.69 Å². The Hall–Kier alpha value is -2.63. The topological polar surface area (TPSA) is 62.6 Å². The van der Waals surface area contributed by atoms with E-state index in [-0.39, 0.29) is 11.7 Å². The van der Waals surface area contributed by atoms with E-state index in [9.17, 15) is 9.59 Å². The summed E-state index contributed by atoms with van der Waals surface area (Å²) in [7, 11) is 0. The molecule has 0 saturated carbocycles. The third-order valence-electron chi connectivity index (χ3n) is 5.70. The van der Waals surface area contributed by atoms with Gasteiger partial charge in [0.15, 0.2) is 0 Å². The lowest BCUT2D eigenvalue weighted by Crippen LogP contribution is -2.40. The molecule has 0 spiro atoms. The Morgan fingerprint density at radius 1 is 1.10 bits per heavy atom. The zero-order valence-corrected chi connectivity index (χ0v) is 19.0. The van der Waals surface area contributed by atoms with Crippen molar-refractivity contribution in [2.75, 3.05) is 18.4 Å². The summed E-state index contributed by atoms with van der Waals surface area (Å²) in [6, 6.07) is 15.1. The van der Waals surface area contributed by atoms with E-state index in [4.69, 9.17) is 16.0 Å². The number of hydrogen-bond donors (Lipinski definition) is 1. The zero-order valence-electron chi connectivity index (χ0n) is 18.2. The van der Waals surface area contributed by atoms with E-state index in [1.54, 1.807) is 12.1 Å². The molecule has 2 aromatic carbocycles. The van der Waals surface area contributed by atoms with Crippen molar-refractivity contribution in [3.8, 4) is 0 Å². The molecule has 0 aliphatic carbocycles. The molecule has 1 saturated heterocycles. The second-order valence-electron chi connectivity index (χ2n) is 7.53. The molecule has 2 heterocycles. The van der Waals surface area contributed by atoms with Crippen LogP contribution in [-0.2, 0) is 0 Å². The van der Waals surface area contributed by atoms with Gasteiger partial charge < -0.3 is 9.73 Å². The van der Waals surface area contributed by atoms with Crippen LogP contribution in [0.15, 0.2) is 57.7 Å². The Morgan fingerprint density at radius 3 is 2.42 bits per heavy atom. The number of likely N-dealkylation sites (tertiary alicyclic amines) is 1. The van der Waals surface area contributed by atoms with Crippen LogP contribution in [0.5, 0.6) is 0 Å². The second kappa shape index (κ2) is 10.6. The fourth-order valence-electron chi connectivity index (χ4n) is 3.97. The number of benzene rings is 2. The molecule has 1 atom stereocenters. The van der Waals surface area contributed by atoms with E-state index in [1.165, 1.54) is 11.6 Å². The predicted molar refractivity (Wildman–Crippen MR) is 127 cm³/mol. The first kappa shape index (κ1) is 23.0. The summed E-state index contributed by atoms with van der Waals surface area (Å²) < 4.78 is 5.28. The smallest absolute Gasteiger partial charge is 0.338 e. The van der Waals surface area contributed by atoms with Crippen molar-refractivity contribution < 1.29 is 9.21 Å². The third-order valence-corrected chi connectivity index (χ3v) is 5.93. The van der Waals surface area contributed by atoms with Crippen molar-refractivity contribution in [3.05, 3.63) is 75.1 Å². The quantitative estimate of drug-likeness (QED) is 0.394. The fourth-order valence-corrected chi connectivity index (χ4v) is 4.14. The first-order chi connectivity index (χ1) is 15.0. The summed E-state index contributed by atoms with van der Waals surface area (Å²) in [6.45, 7) is 8.10. The van der Waals surface area contributed by atoms with Gasteiger partial charge in [-0.3, -0.25) is 9.69 Å². The van der Waals surface area contributed by atoms with Gasteiger partial charge in [-0.25, -0.2) is 4.79 Å². The molecule has 0 radical (unpaired) electrons. The number of nitrogens with zero attached hydrogens (tertiary/aromatic N) is 1. The number of carbonyl (C=O) groups excluding carboxylic acids is 1. The van der Waals surface area contributed by atoms with E-state index in [0.717, 1.165) is 43.3 Å². The predicted octanol–water partition coefficient (Wildman–Crippen LogP) is 5.92. The van der Waals surface area contributed by atoms with E-state index < -0.39 is 0 Å². The molecule has 1 aromatic heterocycles. The molecule has 1 fully saturated rings. The highest BCUT2D eigenvalue weighted by atomic mass is 35.5. The second-order valence-corrected chi connectivity index (χ2v) is 7.97. The van der Waals surface area contributed by atoms with E-state index >= 15 is 0 Å². The first-order valence-electron chi connectivity index (χ1n) is 10.8. The Labute approximate surface area is 188 Å². The molecule has 164 valence electrons. The normalized spacial score (nSPS) is 15.7. The molecule has 0 bridgehead atoms. The van der Waals surface area contributed by atoms with E-state index in [2.05, 4.69) is 17.1 Å². The average Bonchev–Trinajstić information content (AvgIpc) is 2.81. The monoisotopic (exact) mass is 440 g/mol. The molecule has 4 rings (SSSR count). The highest BCUT2D eigenvalue weighted by Crippen LogP contribution is 2.29. The molecular weight excluding hydrogens is 412 g/mol. The number of aldehydes is 1. The highest BCUT2D eigenvalue weighted by molar-refractivity contribution is 6.31. The summed E-state index contributed by atoms with van der Waals surface area (Å²) >= 11 is 6.13. The molecule has 1 N–H and O–H groups in total. The number of anilines is 1. The van der Waals surface area contributed by atoms with Crippen molar-refractivity contribution in [1.29, 1.82) is 0 Å². The van der Waals surface area contributed by atoms with Gasteiger partial charge >= 0.3 is 5.63 Å². The van der Waals surface area contributed by atoms with Crippen LogP contribution in [0.1, 0.15) is 55.6 Å². The van der Waals surface area contributed by atoms with Gasteiger partial charge in [0.1, 0.15) is 11.9 Å². The lowest BCUT2D eigenvalue weighted by atomic mass is 9.99. The molecule has 3 aromatic rings. The Balaban J connectivity index is 0.00000132. The number of hydrogen-bond acceptors (Lipinski definition) is 5. The minimum absolute atomic E-state index is 0.278. The fraction of sp³-hybridized carbons (Fsp3) is 0.360. The van der Waals surface area contributed by atoms with Crippen LogP contribution < -0.4 is 10.9 Å². The van der Waals surface area contributed by atoms with Crippen molar-refractivity contribution in [2.45, 2.75) is 45.7 Å². The van der Waals surface area contributed by atoms with Crippen LogP contribution in [0.2, 0.25) is 5.02 Å².